The number of hydrogen-bond donors (Lipinski definition) is 1. The molecule has 2 aromatic carbocycles. The Hall–Kier alpha value is -2.49. The quantitative estimate of drug-likeness (QED) is 0.879. The summed E-state index contributed by atoms with van der Waals surface area (Å²) in [5, 5.41) is 3.40. The fraction of sp³-hybridized carbons (Fsp3) is 0.235. The van der Waals surface area contributed by atoms with Gasteiger partial charge in [-0.25, -0.2) is 0 Å². The Morgan fingerprint density at radius 3 is 2.67 bits per heavy atom. The second kappa shape index (κ2) is 5.87. The maximum Gasteiger partial charge on any atom is 0.303 e. The normalized spacial score (nSPS) is 17.9. The Balaban J connectivity index is 1.86. The number of anilines is 1. The molecule has 0 saturated heterocycles. The molecule has 0 saturated carbocycles. The Morgan fingerprint density at radius 1 is 1.19 bits per heavy atom. The van der Waals surface area contributed by atoms with Crippen LogP contribution in [0.1, 0.15) is 18.6 Å². The van der Waals surface area contributed by atoms with Crippen molar-refractivity contribution in [1.29, 1.82) is 0 Å². The second-order valence-corrected chi connectivity index (χ2v) is 5.00. The molecule has 0 aromatic heterocycles. The van der Waals surface area contributed by atoms with Crippen molar-refractivity contribution in [2.45, 2.75) is 19.1 Å². The van der Waals surface area contributed by atoms with E-state index in [4.69, 9.17) is 9.47 Å². The number of esters is 1. The minimum Gasteiger partial charge on any atom is -0.489 e. The van der Waals surface area contributed by atoms with Crippen LogP contribution in [-0.4, -0.2) is 18.6 Å². The molecule has 0 aliphatic carbocycles. The van der Waals surface area contributed by atoms with Gasteiger partial charge in [0, 0.05) is 6.92 Å². The van der Waals surface area contributed by atoms with Gasteiger partial charge in [-0.3, -0.25) is 4.79 Å². The second-order valence-electron chi connectivity index (χ2n) is 5.00. The van der Waals surface area contributed by atoms with Crippen molar-refractivity contribution in [3.63, 3.8) is 0 Å². The highest BCUT2D eigenvalue weighted by Gasteiger charge is 2.30. The van der Waals surface area contributed by atoms with Gasteiger partial charge in [0.25, 0.3) is 0 Å². The number of carbonyl (C=O) groups excluding carboxylic acids is 1. The Kier molecular flexibility index (Phi) is 3.77. The highest BCUT2D eigenvalue weighted by atomic mass is 16.5. The number of rotatable bonds is 3. The lowest BCUT2D eigenvalue weighted by molar-refractivity contribution is -0.148. The number of fused-ring (bicyclic) bond motifs is 1. The first-order valence-corrected chi connectivity index (χ1v) is 6.94. The molecule has 1 aliphatic rings. The van der Waals surface area contributed by atoms with Crippen LogP contribution in [0.15, 0.2) is 54.6 Å². The van der Waals surface area contributed by atoms with E-state index in [0.717, 1.165) is 17.0 Å². The van der Waals surface area contributed by atoms with Crippen molar-refractivity contribution in [2.75, 3.05) is 11.9 Å². The van der Waals surface area contributed by atoms with E-state index < -0.39 is 0 Å². The zero-order chi connectivity index (χ0) is 14.7. The molecule has 4 nitrogen and oxygen atoms in total. The van der Waals surface area contributed by atoms with Crippen molar-refractivity contribution in [3.8, 4) is 5.75 Å². The molecule has 0 radical (unpaired) electrons. The third-order valence-electron chi connectivity index (χ3n) is 3.43. The van der Waals surface area contributed by atoms with Gasteiger partial charge in [0.15, 0.2) is 6.10 Å². The summed E-state index contributed by atoms with van der Waals surface area (Å²) in [4.78, 5) is 11.4. The van der Waals surface area contributed by atoms with Gasteiger partial charge in [-0.05, 0) is 17.7 Å². The van der Waals surface area contributed by atoms with E-state index in [1.165, 1.54) is 6.92 Å². The fourth-order valence-corrected chi connectivity index (χ4v) is 2.50. The standard InChI is InChI=1S/C17H17NO3/c1-12(19)21-17(13-7-3-2-4-8-13)15-11-20-16-10-6-5-9-14(16)18-15/h2-10,15,17-18H,11H2,1H3/t15-,17+/m0/s1. The molecule has 1 aliphatic heterocycles. The highest BCUT2D eigenvalue weighted by Crippen LogP contribution is 2.33. The number of carbonyl (C=O) groups is 1. The Morgan fingerprint density at radius 2 is 1.90 bits per heavy atom. The fourth-order valence-electron chi connectivity index (χ4n) is 2.50. The molecule has 4 heteroatoms. The molecule has 0 spiro atoms. The lowest BCUT2D eigenvalue weighted by atomic mass is 10.0. The molecule has 0 amide bonds. The maximum absolute atomic E-state index is 11.4. The van der Waals surface area contributed by atoms with Gasteiger partial charge in [-0.2, -0.15) is 0 Å². The van der Waals surface area contributed by atoms with Gasteiger partial charge >= 0.3 is 5.97 Å². The Bertz CT molecular complexity index is 627. The molecule has 108 valence electrons. The molecule has 1 heterocycles. The van der Waals surface area contributed by atoms with Crippen LogP contribution in [0.3, 0.4) is 0 Å². The lowest BCUT2D eigenvalue weighted by Gasteiger charge is -2.32. The van der Waals surface area contributed by atoms with Crippen molar-refractivity contribution in [2.24, 2.45) is 0 Å². The third kappa shape index (κ3) is 2.99. The average Bonchev–Trinajstić information content (AvgIpc) is 2.53. The van der Waals surface area contributed by atoms with Crippen LogP contribution < -0.4 is 10.1 Å². The molecule has 2 atom stereocenters. The summed E-state index contributed by atoms with van der Waals surface area (Å²) >= 11 is 0. The van der Waals surface area contributed by atoms with Crippen LogP contribution >= 0.6 is 0 Å². The largest absolute Gasteiger partial charge is 0.489 e. The molecule has 0 unspecified atom stereocenters. The molecule has 3 rings (SSSR count). The van der Waals surface area contributed by atoms with Gasteiger partial charge in [-0.1, -0.05) is 42.5 Å². The maximum atomic E-state index is 11.4. The summed E-state index contributed by atoms with van der Waals surface area (Å²) in [6.07, 6.45) is -0.378. The number of para-hydroxylation sites is 2. The molecular weight excluding hydrogens is 266 g/mol. The van der Waals surface area contributed by atoms with E-state index in [1.54, 1.807) is 0 Å². The van der Waals surface area contributed by atoms with E-state index in [0.29, 0.717) is 6.61 Å². The highest BCUT2D eigenvalue weighted by molar-refractivity contribution is 5.67. The van der Waals surface area contributed by atoms with Crippen LogP contribution in [0.5, 0.6) is 5.75 Å². The molecule has 1 N–H and O–H groups in total. The van der Waals surface area contributed by atoms with E-state index in [-0.39, 0.29) is 18.1 Å². The third-order valence-corrected chi connectivity index (χ3v) is 3.43. The van der Waals surface area contributed by atoms with E-state index >= 15 is 0 Å². The van der Waals surface area contributed by atoms with Gasteiger partial charge in [0.1, 0.15) is 18.4 Å². The van der Waals surface area contributed by atoms with Crippen LogP contribution in [0, 0.1) is 0 Å². The van der Waals surface area contributed by atoms with E-state index in [9.17, 15) is 4.79 Å². The first-order valence-electron chi connectivity index (χ1n) is 6.94. The lowest BCUT2D eigenvalue weighted by Crippen LogP contribution is -2.38. The van der Waals surface area contributed by atoms with Gasteiger partial charge < -0.3 is 14.8 Å². The van der Waals surface area contributed by atoms with Crippen LogP contribution in [0.4, 0.5) is 5.69 Å². The zero-order valence-electron chi connectivity index (χ0n) is 11.8. The first kappa shape index (κ1) is 13.5. The SMILES string of the molecule is CC(=O)O[C@H](c1ccccc1)[C@@H]1COc2ccccc2N1. The summed E-state index contributed by atoms with van der Waals surface area (Å²) in [5.41, 5.74) is 1.87. The van der Waals surface area contributed by atoms with Crippen LogP contribution in [0.2, 0.25) is 0 Å². The van der Waals surface area contributed by atoms with Crippen molar-refractivity contribution in [1.82, 2.24) is 0 Å². The smallest absolute Gasteiger partial charge is 0.303 e. The van der Waals surface area contributed by atoms with Crippen molar-refractivity contribution >= 4 is 11.7 Å². The van der Waals surface area contributed by atoms with Crippen LogP contribution in [-0.2, 0) is 9.53 Å². The molecule has 21 heavy (non-hydrogen) atoms. The average molecular weight is 283 g/mol. The Labute approximate surface area is 123 Å². The monoisotopic (exact) mass is 283 g/mol. The van der Waals surface area contributed by atoms with E-state index in [1.807, 2.05) is 54.6 Å². The number of hydrogen-bond acceptors (Lipinski definition) is 4. The number of benzene rings is 2. The summed E-state index contributed by atoms with van der Waals surface area (Å²) in [6.45, 7) is 1.87. The molecule has 0 fully saturated rings. The van der Waals surface area contributed by atoms with Crippen molar-refractivity contribution < 1.29 is 14.3 Å². The summed E-state index contributed by atoms with van der Waals surface area (Å²) in [5.74, 6) is 0.521. The topological polar surface area (TPSA) is 47.6 Å². The molecule has 0 bridgehead atoms. The summed E-state index contributed by atoms with van der Waals surface area (Å²) in [7, 11) is 0. The van der Waals surface area contributed by atoms with Gasteiger partial charge in [-0.15, -0.1) is 0 Å². The first-order chi connectivity index (χ1) is 10.2. The van der Waals surface area contributed by atoms with Gasteiger partial charge in [0.05, 0.1) is 5.69 Å². The molecular formula is C17H17NO3. The predicted octanol–water partition coefficient (Wildman–Crippen LogP) is 3.16. The van der Waals surface area contributed by atoms with Crippen molar-refractivity contribution in [3.05, 3.63) is 60.2 Å². The number of ether oxygens (including phenoxy) is 2. The minimum atomic E-state index is -0.378. The van der Waals surface area contributed by atoms with Crippen LogP contribution in [0.25, 0.3) is 0 Å². The number of nitrogens with one attached hydrogen (secondary N) is 1. The minimum absolute atomic E-state index is 0.119. The predicted molar refractivity (Wildman–Crippen MR) is 80.3 cm³/mol. The van der Waals surface area contributed by atoms with Gasteiger partial charge in [0.2, 0.25) is 0 Å². The zero-order valence-corrected chi connectivity index (χ0v) is 11.8. The summed E-state index contributed by atoms with van der Waals surface area (Å²) in [6, 6.07) is 17.3. The molecule has 2 aromatic rings. The summed E-state index contributed by atoms with van der Waals surface area (Å²) < 4.78 is 11.3. The van der Waals surface area contributed by atoms with E-state index in [2.05, 4.69) is 5.32 Å².